The van der Waals surface area contributed by atoms with E-state index in [4.69, 9.17) is 16.3 Å². The maximum absolute atomic E-state index is 11.6. The summed E-state index contributed by atoms with van der Waals surface area (Å²) in [5.74, 6) is -3.98. The molecule has 0 radical (unpaired) electrons. The molecule has 112 valence electrons. The van der Waals surface area contributed by atoms with E-state index in [1.165, 1.54) is 6.92 Å². The smallest absolute Gasteiger partial charge is 0.348 e. The molecule has 0 saturated carbocycles. The fourth-order valence-electron chi connectivity index (χ4n) is 2.66. The van der Waals surface area contributed by atoms with Gasteiger partial charge < -0.3 is 14.9 Å². The average molecular weight is 311 g/mol. The Morgan fingerprint density at radius 2 is 1.81 bits per heavy atom. The molecule has 0 bridgehead atoms. The van der Waals surface area contributed by atoms with Gasteiger partial charge in [0.15, 0.2) is 0 Å². The van der Waals surface area contributed by atoms with E-state index in [1.54, 1.807) is 37.3 Å². The monoisotopic (exact) mass is 310 g/mol. The Morgan fingerprint density at radius 3 is 2.29 bits per heavy atom. The second kappa shape index (κ2) is 5.41. The van der Waals surface area contributed by atoms with Crippen LogP contribution in [0.1, 0.15) is 25.3 Å². The summed E-state index contributed by atoms with van der Waals surface area (Å²) in [6, 6.07) is 6.68. The fourth-order valence-corrected chi connectivity index (χ4v) is 2.79. The fraction of sp³-hybridized carbons (Fsp3) is 0.333. The second-order valence-corrected chi connectivity index (χ2v) is 5.62. The SMILES string of the molecule is CC1=CC(c2ccc(Cl)cc2)C(C(=O)O)C(C)(C(=O)O)O1. The van der Waals surface area contributed by atoms with Gasteiger partial charge in [0.25, 0.3) is 0 Å². The molecule has 0 saturated heterocycles. The van der Waals surface area contributed by atoms with Crippen molar-refractivity contribution >= 4 is 23.5 Å². The molecule has 1 aromatic rings. The largest absolute Gasteiger partial charge is 0.481 e. The van der Waals surface area contributed by atoms with Gasteiger partial charge in [0.05, 0.1) is 5.76 Å². The van der Waals surface area contributed by atoms with E-state index in [1.807, 2.05) is 0 Å². The zero-order valence-corrected chi connectivity index (χ0v) is 12.3. The summed E-state index contributed by atoms with van der Waals surface area (Å²) in [5.41, 5.74) is -1.14. The lowest BCUT2D eigenvalue weighted by molar-refractivity contribution is -0.177. The molecule has 0 aromatic heterocycles. The van der Waals surface area contributed by atoms with Crippen LogP contribution in [0.15, 0.2) is 36.1 Å². The minimum Gasteiger partial charge on any atom is -0.481 e. The van der Waals surface area contributed by atoms with Gasteiger partial charge in [-0.05, 0) is 37.6 Å². The Bertz CT molecular complexity index is 607. The van der Waals surface area contributed by atoms with Crippen LogP contribution in [0.4, 0.5) is 0 Å². The van der Waals surface area contributed by atoms with E-state index in [0.717, 1.165) is 0 Å². The number of hydrogen-bond acceptors (Lipinski definition) is 3. The summed E-state index contributed by atoms with van der Waals surface area (Å²) in [6.07, 6.45) is 1.63. The molecule has 1 aromatic carbocycles. The Balaban J connectivity index is 2.56. The first-order valence-electron chi connectivity index (χ1n) is 6.35. The van der Waals surface area contributed by atoms with Crippen molar-refractivity contribution in [2.75, 3.05) is 0 Å². The lowest BCUT2D eigenvalue weighted by atomic mass is 9.73. The lowest BCUT2D eigenvalue weighted by Crippen LogP contribution is -2.52. The minimum atomic E-state index is -1.82. The van der Waals surface area contributed by atoms with Gasteiger partial charge in [-0.25, -0.2) is 4.79 Å². The summed E-state index contributed by atoms with van der Waals surface area (Å²) in [7, 11) is 0. The number of halogens is 1. The predicted molar refractivity (Wildman–Crippen MR) is 76.2 cm³/mol. The van der Waals surface area contributed by atoms with Gasteiger partial charge >= 0.3 is 11.9 Å². The molecule has 2 N–H and O–H groups in total. The quantitative estimate of drug-likeness (QED) is 0.896. The number of aliphatic carboxylic acids is 2. The van der Waals surface area contributed by atoms with Crippen molar-refractivity contribution in [1.82, 2.24) is 0 Å². The minimum absolute atomic E-state index is 0.386. The topological polar surface area (TPSA) is 83.8 Å². The molecule has 0 spiro atoms. The predicted octanol–water partition coefficient (Wildman–Crippen LogP) is 2.90. The summed E-state index contributed by atoms with van der Waals surface area (Å²) in [6.45, 7) is 2.90. The third-order valence-corrected chi connectivity index (χ3v) is 3.94. The molecule has 21 heavy (non-hydrogen) atoms. The Labute approximate surface area is 126 Å². The Morgan fingerprint density at radius 1 is 1.24 bits per heavy atom. The molecule has 1 aliphatic heterocycles. The van der Waals surface area contributed by atoms with Gasteiger partial charge in [-0.2, -0.15) is 0 Å². The van der Waals surface area contributed by atoms with Gasteiger partial charge in [0.2, 0.25) is 5.60 Å². The molecule has 3 atom stereocenters. The van der Waals surface area contributed by atoms with Crippen LogP contribution in [0.5, 0.6) is 0 Å². The van der Waals surface area contributed by atoms with E-state index in [9.17, 15) is 19.8 Å². The van der Waals surface area contributed by atoms with Crippen LogP contribution in [0.25, 0.3) is 0 Å². The maximum atomic E-state index is 11.6. The number of carbonyl (C=O) groups is 2. The Hall–Kier alpha value is -2.01. The normalized spacial score (nSPS) is 28.4. The van der Waals surface area contributed by atoms with Crippen molar-refractivity contribution in [1.29, 1.82) is 0 Å². The van der Waals surface area contributed by atoms with Crippen molar-refractivity contribution < 1.29 is 24.5 Å². The first-order chi connectivity index (χ1) is 9.75. The van der Waals surface area contributed by atoms with Crippen LogP contribution in [-0.4, -0.2) is 27.8 Å². The van der Waals surface area contributed by atoms with Gasteiger partial charge in [-0.3, -0.25) is 4.79 Å². The number of carboxylic acids is 2. The highest BCUT2D eigenvalue weighted by molar-refractivity contribution is 6.30. The highest BCUT2D eigenvalue weighted by Gasteiger charge is 2.54. The van der Waals surface area contributed by atoms with Crippen molar-refractivity contribution in [3.8, 4) is 0 Å². The van der Waals surface area contributed by atoms with E-state index in [-0.39, 0.29) is 0 Å². The first kappa shape index (κ1) is 15.4. The number of allylic oxidation sites excluding steroid dienone is 2. The van der Waals surface area contributed by atoms with E-state index >= 15 is 0 Å². The van der Waals surface area contributed by atoms with Gasteiger partial charge in [0, 0.05) is 10.9 Å². The number of rotatable bonds is 3. The maximum Gasteiger partial charge on any atom is 0.348 e. The second-order valence-electron chi connectivity index (χ2n) is 5.18. The molecule has 0 amide bonds. The Kier molecular flexibility index (Phi) is 3.96. The number of benzene rings is 1. The van der Waals surface area contributed by atoms with Crippen molar-refractivity contribution in [2.45, 2.75) is 25.4 Å². The van der Waals surface area contributed by atoms with Crippen LogP contribution >= 0.6 is 11.6 Å². The van der Waals surface area contributed by atoms with Crippen LogP contribution in [0.3, 0.4) is 0 Å². The molecule has 3 unspecified atom stereocenters. The highest BCUT2D eigenvalue weighted by Crippen LogP contribution is 2.42. The summed E-state index contributed by atoms with van der Waals surface area (Å²) >= 11 is 5.83. The van der Waals surface area contributed by atoms with E-state index < -0.39 is 29.4 Å². The van der Waals surface area contributed by atoms with E-state index in [2.05, 4.69) is 0 Å². The van der Waals surface area contributed by atoms with Crippen LogP contribution < -0.4 is 0 Å². The first-order valence-corrected chi connectivity index (χ1v) is 6.72. The summed E-state index contributed by atoms with van der Waals surface area (Å²) < 4.78 is 5.34. The van der Waals surface area contributed by atoms with Crippen molar-refractivity contribution in [3.05, 3.63) is 46.7 Å². The number of carboxylic acid groups (broad SMARTS) is 2. The molecular weight excluding hydrogens is 296 g/mol. The van der Waals surface area contributed by atoms with Crippen LogP contribution in [-0.2, 0) is 14.3 Å². The van der Waals surface area contributed by atoms with E-state index in [0.29, 0.717) is 16.3 Å². The molecule has 1 heterocycles. The van der Waals surface area contributed by atoms with Crippen molar-refractivity contribution in [2.24, 2.45) is 5.92 Å². The van der Waals surface area contributed by atoms with Gasteiger partial charge in [-0.15, -0.1) is 0 Å². The lowest BCUT2D eigenvalue weighted by Gasteiger charge is -2.39. The molecule has 5 nitrogen and oxygen atoms in total. The molecule has 0 fully saturated rings. The van der Waals surface area contributed by atoms with Crippen LogP contribution in [0, 0.1) is 5.92 Å². The standard InChI is InChI=1S/C15H15ClO5/c1-8-7-11(9-3-5-10(16)6-4-9)12(13(17)18)15(2,21-8)14(19)20/h3-7,11-12H,1-2H3,(H,17,18)(H,19,20). The van der Waals surface area contributed by atoms with Gasteiger partial charge in [0.1, 0.15) is 5.92 Å². The molecule has 2 rings (SSSR count). The molecule has 1 aliphatic rings. The third kappa shape index (κ3) is 2.74. The zero-order chi connectivity index (χ0) is 15.8. The zero-order valence-electron chi connectivity index (χ0n) is 11.5. The summed E-state index contributed by atoms with van der Waals surface area (Å²) in [5, 5.41) is 19.4. The molecular formula is C15H15ClO5. The van der Waals surface area contributed by atoms with Crippen molar-refractivity contribution in [3.63, 3.8) is 0 Å². The van der Waals surface area contributed by atoms with Crippen LogP contribution in [0.2, 0.25) is 5.02 Å². The third-order valence-electron chi connectivity index (χ3n) is 3.69. The molecule has 0 aliphatic carbocycles. The number of hydrogen-bond donors (Lipinski definition) is 2. The highest BCUT2D eigenvalue weighted by atomic mass is 35.5. The summed E-state index contributed by atoms with van der Waals surface area (Å²) in [4.78, 5) is 23.2. The molecule has 6 heteroatoms. The van der Waals surface area contributed by atoms with Gasteiger partial charge in [-0.1, -0.05) is 23.7 Å². The number of ether oxygens (including phenoxy) is 1. The average Bonchev–Trinajstić information content (AvgIpc) is 2.37.